The van der Waals surface area contributed by atoms with Crippen LogP contribution in [-0.2, 0) is 6.42 Å². The lowest BCUT2D eigenvalue weighted by Gasteiger charge is -2.22. The second-order valence-electron chi connectivity index (χ2n) is 4.92. The maximum absolute atomic E-state index is 7.24. The summed E-state index contributed by atoms with van der Waals surface area (Å²) in [5.74, 6) is 1.19. The molecule has 2 aromatic rings. The summed E-state index contributed by atoms with van der Waals surface area (Å²) in [7, 11) is 0. The zero-order chi connectivity index (χ0) is 14.1. The Kier molecular flexibility index (Phi) is 4.69. The largest absolute Gasteiger partial charge is 0.468 e. The summed E-state index contributed by atoms with van der Waals surface area (Å²) in [4.78, 5) is 1.33. The summed E-state index contributed by atoms with van der Waals surface area (Å²) in [6.45, 7) is 2.01. The summed E-state index contributed by atoms with van der Waals surface area (Å²) < 4.78 is 5.66. The van der Waals surface area contributed by atoms with Crippen LogP contribution in [0.2, 0.25) is 0 Å². The molecule has 5 nitrogen and oxygen atoms in total. The highest BCUT2D eigenvalue weighted by atomic mass is 35.5. The summed E-state index contributed by atoms with van der Waals surface area (Å²) in [5, 5.41) is 13.6. The normalized spacial score (nSPS) is 18.9. The predicted octanol–water partition coefficient (Wildman–Crippen LogP) is 2.99. The van der Waals surface area contributed by atoms with Gasteiger partial charge >= 0.3 is 0 Å². The molecule has 0 saturated heterocycles. The highest BCUT2D eigenvalue weighted by molar-refractivity contribution is 7.10. The van der Waals surface area contributed by atoms with E-state index in [2.05, 4.69) is 28.0 Å². The molecule has 112 valence electrons. The first-order valence-corrected chi connectivity index (χ1v) is 7.30. The van der Waals surface area contributed by atoms with E-state index in [9.17, 15) is 0 Å². The number of thiophene rings is 1. The van der Waals surface area contributed by atoms with Gasteiger partial charge in [-0.05, 0) is 23.9 Å². The summed E-state index contributed by atoms with van der Waals surface area (Å²) in [6, 6.07) is 4.21. The lowest BCUT2D eigenvalue weighted by molar-refractivity contribution is 0.482. The number of nitrogens with two attached hydrogens (primary N) is 1. The van der Waals surface area contributed by atoms with E-state index in [-0.39, 0.29) is 18.4 Å². The van der Waals surface area contributed by atoms with E-state index in [1.165, 1.54) is 4.88 Å². The Morgan fingerprint density at radius 3 is 3.00 bits per heavy atom. The maximum Gasteiger partial charge on any atom is 0.206 e. The Labute approximate surface area is 133 Å². The van der Waals surface area contributed by atoms with Crippen molar-refractivity contribution in [3.63, 3.8) is 0 Å². The average Bonchev–Trinajstić information content (AvgIpc) is 3.06. The van der Waals surface area contributed by atoms with Gasteiger partial charge in [0.25, 0.3) is 0 Å². The zero-order valence-corrected chi connectivity index (χ0v) is 13.2. The molecule has 1 aliphatic carbocycles. The zero-order valence-electron chi connectivity index (χ0n) is 11.6. The van der Waals surface area contributed by atoms with E-state index in [4.69, 9.17) is 15.6 Å². The van der Waals surface area contributed by atoms with Crippen molar-refractivity contribution in [1.29, 1.82) is 5.41 Å². The average molecular weight is 325 g/mol. The molecule has 0 bridgehead atoms. The van der Waals surface area contributed by atoms with Gasteiger partial charge in [0, 0.05) is 29.2 Å². The van der Waals surface area contributed by atoms with Gasteiger partial charge in [-0.2, -0.15) is 5.10 Å². The van der Waals surface area contributed by atoms with Crippen molar-refractivity contribution in [1.82, 2.24) is 5.43 Å². The molecular weight excluding hydrogens is 308 g/mol. The van der Waals surface area contributed by atoms with Crippen LogP contribution in [0.15, 0.2) is 33.3 Å². The Hall–Kier alpha value is -1.79. The van der Waals surface area contributed by atoms with Crippen LogP contribution in [0.4, 0.5) is 0 Å². The number of fused-ring (bicyclic) bond motifs is 1. The number of nitrogens with zero attached hydrogens (tertiary/aromatic N) is 1. The van der Waals surface area contributed by atoms with Crippen LogP contribution in [0.25, 0.3) is 0 Å². The van der Waals surface area contributed by atoms with Crippen LogP contribution < -0.4 is 11.2 Å². The van der Waals surface area contributed by atoms with Crippen LogP contribution in [0.5, 0.6) is 0 Å². The molecule has 4 N–H and O–H groups in total. The van der Waals surface area contributed by atoms with Crippen molar-refractivity contribution < 1.29 is 4.42 Å². The fourth-order valence-corrected chi connectivity index (χ4v) is 3.45. The van der Waals surface area contributed by atoms with Crippen LogP contribution in [0, 0.1) is 12.3 Å². The van der Waals surface area contributed by atoms with Crippen molar-refractivity contribution in [2.24, 2.45) is 10.8 Å². The van der Waals surface area contributed by atoms with Gasteiger partial charge in [-0.15, -0.1) is 23.7 Å². The van der Waals surface area contributed by atoms with E-state index < -0.39 is 0 Å². The highest BCUT2D eigenvalue weighted by Crippen LogP contribution is 2.36. The maximum atomic E-state index is 7.24. The molecule has 0 amide bonds. The van der Waals surface area contributed by atoms with Gasteiger partial charge in [0.1, 0.15) is 5.76 Å². The van der Waals surface area contributed by atoms with Gasteiger partial charge in [0.15, 0.2) is 0 Å². The van der Waals surface area contributed by atoms with E-state index in [1.54, 1.807) is 17.6 Å². The van der Waals surface area contributed by atoms with Gasteiger partial charge < -0.3 is 10.2 Å². The van der Waals surface area contributed by atoms with Crippen LogP contribution in [-0.4, -0.2) is 11.7 Å². The molecule has 1 aliphatic rings. The monoisotopic (exact) mass is 324 g/mol. The molecule has 0 aromatic carbocycles. The number of hydrazone groups is 1. The molecule has 0 radical (unpaired) electrons. The first-order valence-electron chi connectivity index (χ1n) is 6.42. The SMILES string of the molecule is Cc1coc2c1C(=NNC(=N)N)CC(c1cccs1)C2.Cl. The molecule has 2 heterocycles. The van der Waals surface area contributed by atoms with Crippen molar-refractivity contribution in [3.8, 4) is 0 Å². The lowest BCUT2D eigenvalue weighted by atomic mass is 9.84. The third-order valence-corrected chi connectivity index (χ3v) is 4.50. The molecule has 0 spiro atoms. The van der Waals surface area contributed by atoms with Crippen molar-refractivity contribution in [2.45, 2.75) is 25.7 Å². The quantitative estimate of drug-likeness (QED) is 0.451. The first-order chi connectivity index (χ1) is 9.65. The van der Waals surface area contributed by atoms with Crippen molar-refractivity contribution in [2.75, 3.05) is 0 Å². The summed E-state index contributed by atoms with van der Waals surface area (Å²) in [5.41, 5.74) is 10.9. The number of hydrogen-bond acceptors (Lipinski definition) is 4. The first kappa shape index (κ1) is 15.6. The number of hydrogen-bond donors (Lipinski definition) is 3. The Bertz CT molecular complexity index is 663. The van der Waals surface area contributed by atoms with E-state index in [0.717, 1.165) is 35.4 Å². The standard InChI is InChI=1S/C14H16N4OS.ClH/c1-8-7-19-11-6-9(12-3-2-4-20-12)5-10(13(8)11)17-18-14(15)16;/h2-4,7,9H,5-6H2,1H3,(H4,15,16,18);1H. The highest BCUT2D eigenvalue weighted by Gasteiger charge is 2.29. The Morgan fingerprint density at radius 2 is 2.33 bits per heavy atom. The molecule has 21 heavy (non-hydrogen) atoms. The van der Waals surface area contributed by atoms with Gasteiger partial charge in [-0.3, -0.25) is 5.41 Å². The minimum atomic E-state index is -0.154. The van der Waals surface area contributed by atoms with E-state index in [1.807, 2.05) is 6.92 Å². The minimum absolute atomic E-state index is 0. The smallest absolute Gasteiger partial charge is 0.206 e. The van der Waals surface area contributed by atoms with Crippen LogP contribution in [0.1, 0.15) is 34.1 Å². The number of halogens is 1. The molecule has 1 unspecified atom stereocenters. The van der Waals surface area contributed by atoms with Gasteiger partial charge in [0.2, 0.25) is 5.96 Å². The Morgan fingerprint density at radius 1 is 1.52 bits per heavy atom. The number of rotatable bonds is 2. The molecule has 2 aromatic heterocycles. The van der Waals surface area contributed by atoms with Crippen molar-refractivity contribution in [3.05, 3.63) is 45.5 Å². The molecule has 1 atom stereocenters. The lowest BCUT2D eigenvalue weighted by Crippen LogP contribution is -2.28. The number of aryl methyl sites for hydroxylation is 1. The number of guanidine groups is 1. The van der Waals surface area contributed by atoms with E-state index >= 15 is 0 Å². The fourth-order valence-electron chi connectivity index (χ4n) is 2.62. The number of furan rings is 1. The van der Waals surface area contributed by atoms with Crippen molar-refractivity contribution >= 4 is 35.4 Å². The van der Waals surface area contributed by atoms with E-state index in [0.29, 0.717) is 5.92 Å². The molecule has 7 heteroatoms. The van der Waals surface area contributed by atoms with Crippen LogP contribution >= 0.6 is 23.7 Å². The predicted molar refractivity (Wildman–Crippen MR) is 87.7 cm³/mol. The molecule has 0 saturated carbocycles. The summed E-state index contributed by atoms with van der Waals surface area (Å²) in [6.07, 6.45) is 3.49. The minimum Gasteiger partial charge on any atom is -0.468 e. The fraction of sp³-hybridized carbons (Fsp3) is 0.286. The molecular formula is C14H17ClN4OS. The second-order valence-corrected chi connectivity index (χ2v) is 5.90. The third kappa shape index (κ3) is 3.11. The third-order valence-electron chi connectivity index (χ3n) is 3.47. The van der Waals surface area contributed by atoms with Gasteiger partial charge in [-0.1, -0.05) is 6.07 Å². The summed E-state index contributed by atoms with van der Waals surface area (Å²) >= 11 is 1.75. The molecule has 0 fully saturated rings. The second kappa shape index (κ2) is 6.32. The molecule has 0 aliphatic heterocycles. The Balaban J connectivity index is 0.00000161. The molecule has 3 rings (SSSR count). The number of nitrogens with one attached hydrogen (secondary N) is 2. The van der Waals surface area contributed by atoms with Crippen LogP contribution in [0.3, 0.4) is 0 Å². The van der Waals surface area contributed by atoms with Gasteiger partial charge in [-0.25, -0.2) is 5.43 Å². The topological polar surface area (TPSA) is 87.4 Å². The van der Waals surface area contributed by atoms with Gasteiger partial charge in [0.05, 0.1) is 12.0 Å².